The summed E-state index contributed by atoms with van der Waals surface area (Å²) in [6, 6.07) is 11.3. The predicted octanol–water partition coefficient (Wildman–Crippen LogP) is 4.30. The van der Waals surface area contributed by atoms with Gasteiger partial charge in [-0.1, -0.05) is 49.6 Å². The second-order valence-electron chi connectivity index (χ2n) is 5.36. The first-order valence-electron chi connectivity index (χ1n) is 6.47. The smallest absolute Gasteiger partial charge is 0.00188 e. The van der Waals surface area contributed by atoms with E-state index in [9.17, 15) is 0 Å². The van der Waals surface area contributed by atoms with Crippen LogP contribution in [-0.2, 0) is 5.41 Å². The maximum Gasteiger partial charge on any atom is -0.00188 e. The first-order valence-corrected chi connectivity index (χ1v) is 6.47. The maximum absolute atomic E-state index is 2.36. The lowest BCUT2D eigenvalue weighted by Gasteiger charge is -2.43. The molecule has 0 nitrogen and oxygen atoms in total. The van der Waals surface area contributed by atoms with Crippen molar-refractivity contribution in [3.63, 3.8) is 0 Å². The molecule has 0 unspecified atom stereocenters. The van der Waals surface area contributed by atoms with Gasteiger partial charge in [-0.15, -0.1) is 0 Å². The van der Waals surface area contributed by atoms with Gasteiger partial charge in [0.15, 0.2) is 0 Å². The molecule has 0 aliphatic heterocycles. The number of hydrogen-bond donors (Lipinski definition) is 0. The highest BCUT2D eigenvalue weighted by Gasteiger charge is 2.44. The van der Waals surface area contributed by atoms with Gasteiger partial charge < -0.3 is 0 Å². The molecule has 0 spiro atoms. The molecule has 0 N–H and O–H groups in total. The highest BCUT2D eigenvalue weighted by Crippen LogP contribution is 2.53. The van der Waals surface area contributed by atoms with Crippen molar-refractivity contribution >= 4 is 0 Å². The van der Waals surface area contributed by atoms with Crippen LogP contribution < -0.4 is 0 Å². The largest absolute Gasteiger partial charge is 0.0622 e. The Labute approximate surface area is 92.7 Å². The summed E-state index contributed by atoms with van der Waals surface area (Å²) in [5.41, 5.74) is 2.21. The van der Waals surface area contributed by atoms with E-state index in [1.165, 1.54) is 44.9 Å². The van der Waals surface area contributed by atoms with E-state index < -0.39 is 0 Å². The van der Waals surface area contributed by atoms with Crippen molar-refractivity contribution in [2.45, 2.75) is 50.4 Å². The van der Waals surface area contributed by atoms with E-state index in [1.807, 2.05) is 0 Å². The lowest BCUT2D eigenvalue weighted by atomic mass is 9.61. The first kappa shape index (κ1) is 9.45. The Bertz CT molecular complexity index is 315. The molecule has 0 amide bonds. The van der Waals surface area contributed by atoms with Crippen molar-refractivity contribution in [1.82, 2.24) is 0 Å². The summed E-state index contributed by atoms with van der Waals surface area (Å²) >= 11 is 0. The summed E-state index contributed by atoms with van der Waals surface area (Å²) in [7, 11) is 0. The van der Waals surface area contributed by atoms with Crippen molar-refractivity contribution in [2.75, 3.05) is 0 Å². The third kappa shape index (κ3) is 1.42. The highest BCUT2D eigenvalue weighted by atomic mass is 14.5. The van der Waals surface area contributed by atoms with Crippen LogP contribution >= 0.6 is 0 Å². The summed E-state index contributed by atoms with van der Waals surface area (Å²) < 4.78 is 0. The molecule has 0 bridgehead atoms. The lowest BCUT2D eigenvalue weighted by molar-refractivity contribution is 0.165. The van der Waals surface area contributed by atoms with Crippen LogP contribution in [0.1, 0.15) is 50.5 Å². The van der Waals surface area contributed by atoms with E-state index in [1.54, 1.807) is 5.56 Å². The first-order chi connectivity index (χ1) is 7.42. The predicted molar refractivity (Wildman–Crippen MR) is 63.9 cm³/mol. The van der Waals surface area contributed by atoms with Gasteiger partial charge >= 0.3 is 0 Å². The molecule has 3 rings (SSSR count). The summed E-state index contributed by atoms with van der Waals surface area (Å²) in [6.07, 6.45) is 10.2. The monoisotopic (exact) mass is 200 g/mol. The van der Waals surface area contributed by atoms with Crippen LogP contribution in [0, 0.1) is 5.92 Å². The van der Waals surface area contributed by atoms with Gasteiger partial charge in [-0.25, -0.2) is 0 Å². The van der Waals surface area contributed by atoms with E-state index in [4.69, 9.17) is 0 Å². The Morgan fingerprint density at radius 1 is 0.867 bits per heavy atom. The minimum atomic E-state index is 0.583. The fraction of sp³-hybridized carbons (Fsp3) is 0.600. The van der Waals surface area contributed by atoms with Crippen LogP contribution in [0.4, 0.5) is 0 Å². The molecule has 15 heavy (non-hydrogen) atoms. The van der Waals surface area contributed by atoms with Crippen LogP contribution in [0.2, 0.25) is 0 Å². The van der Waals surface area contributed by atoms with Gasteiger partial charge in [-0.2, -0.15) is 0 Å². The van der Waals surface area contributed by atoms with Crippen molar-refractivity contribution in [2.24, 2.45) is 5.92 Å². The van der Waals surface area contributed by atoms with Gasteiger partial charge in [0.2, 0.25) is 0 Å². The van der Waals surface area contributed by atoms with E-state index in [0.29, 0.717) is 5.41 Å². The zero-order chi connectivity index (χ0) is 10.1. The summed E-state index contributed by atoms with van der Waals surface area (Å²) in [5, 5.41) is 0. The number of hydrogen-bond acceptors (Lipinski definition) is 0. The third-order valence-corrected chi connectivity index (χ3v) is 4.73. The van der Waals surface area contributed by atoms with Crippen LogP contribution in [-0.4, -0.2) is 0 Å². The Morgan fingerprint density at radius 2 is 1.53 bits per heavy atom. The van der Waals surface area contributed by atoms with E-state index in [-0.39, 0.29) is 0 Å². The van der Waals surface area contributed by atoms with Gasteiger partial charge in [0, 0.05) is 0 Å². The standard InChI is InChI=1S/C15H20/c1-2-7-13(8-3-1)15(11-4-5-12-15)14-9-6-10-14/h1-3,7-8,14H,4-6,9-12H2. The van der Waals surface area contributed by atoms with Crippen molar-refractivity contribution in [3.8, 4) is 0 Å². The van der Waals surface area contributed by atoms with Gasteiger partial charge in [0.1, 0.15) is 0 Å². The molecule has 2 aliphatic carbocycles. The molecule has 0 saturated heterocycles. The van der Waals surface area contributed by atoms with E-state index in [0.717, 1.165) is 5.92 Å². The zero-order valence-corrected chi connectivity index (χ0v) is 9.41. The van der Waals surface area contributed by atoms with Crippen molar-refractivity contribution in [1.29, 1.82) is 0 Å². The molecule has 0 atom stereocenters. The van der Waals surface area contributed by atoms with Crippen molar-refractivity contribution < 1.29 is 0 Å². The molecule has 2 fully saturated rings. The normalized spacial score (nSPS) is 25.1. The number of rotatable bonds is 2. The maximum atomic E-state index is 2.36. The quantitative estimate of drug-likeness (QED) is 0.667. The minimum absolute atomic E-state index is 0.583. The minimum Gasteiger partial charge on any atom is -0.0622 e. The van der Waals surface area contributed by atoms with Crippen LogP contribution in [0.5, 0.6) is 0 Å². The molecular weight excluding hydrogens is 180 g/mol. The van der Waals surface area contributed by atoms with Crippen molar-refractivity contribution in [3.05, 3.63) is 35.9 Å². The molecule has 1 aromatic rings. The van der Waals surface area contributed by atoms with E-state index >= 15 is 0 Å². The van der Waals surface area contributed by atoms with Crippen LogP contribution in [0.3, 0.4) is 0 Å². The Hall–Kier alpha value is -0.780. The number of benzene rings is 1. The molecule has 0 heterocycles. The zero-order valence-electron chi connectivity index (χ0n) is 9.41. The molecule has 80 valence electrons. The van der Waals surface area contributed by atoms with Crippen LogP contribution in [0.15, 0.2) is 30.3 Å². The fourth-order valence-corrected chi connectivity index (χ4v) is 3.67. The molecule has 0 radical (unpaired) electrons. The molecule has 0 heteroatoms. The summed E-state index contributed by atoms with van der Waals surface area (Å²) in [6.45, 7) is 0. The van der Waals surface area contributed by atoms with Gasteiger partial charge in [-0.3, -0.25) is 0 Å². The molecule has 1 aromatic carbocycles. The van der Waals surface area contributed by atoms with E-state index in [2.05, 4.69) is 30.3 Å². The topological polar surface area (TPSA) is 0 Å². The average molecular weight is 200 g/mol. The molecular formula is C15H20. The average Bonchev–Trinajstić information content (AvgIpc) is 2.67. The summed E-state index contributed by atoms with van der Waals surface area (Å²) in [5.74, 6) is 1.00. The Morgan fingerprint density at radius 3 is 2.07 bits per heavy atom. The SMILES string of the molecule is c1ccc(C2(C3CCC3)CCCC2)cc1. The second kappa shape index (κ2) is 3.66. The third-order valence-electron chi connectivity index (χ3n) is 4.73. The highest BCUT2D eigenvalue weighted by molar-refractivity contribution is 5.28. The van der Waals surface area contributed by atoms with Gasteiger partial charge in [-0.05, 0) is 42.6 Å². The Balaban J connectivity index is 1.96. The lowest BCUT2D eigenvalue weighted by Crippen LogP contribution is -2.36. The van der Waals surface area contributed by atoms with Gasteiger partial charge in [0.05, 0.1) is 0 Å². The molecule has 0 aromatic heterocycles. The van der Waals surface area contributed by atoms with Gasteiger partial charge in [0.25, 0.3) is 0 Å². The molecule has 2 aliphatic rings. The fourth-order valence-electron chi connectivity index (χ4n) is 3.67. The Kier molecular flexibility index (Phi) is 2.31. The summed E-state index contributed by atoms with van der Waals surface area (Å²) in [4.78, 5) is 0. The second-order valence-corrected chi connectivity index (χ2v) is 5.36. The van der Waals surface area contributed by atoms with Crippen LogP contribution in [0.25, 0.3) is 0 Å². The molecule has 2 saturated carbocycles.